The van der Waals surface area contributed by atoms with Crippen LogP contribution in [0.4, 0.5) is 18.0 Å². The number of hydrogen-bond acceptors (Lipinski definition) is 4. The van der Waals surface area contributed by atoms with Gasteiger partial charge in [-0.1, -0.05) is 0 Å². The second-order valence-electron chi connectivity index (χ2n) is 7.31. The van der Waals surface area contributed by atoms with E-state index in [1.165, 1.54) is 17.0 Å². The first-order valence-corrected chi connectivity index (χ1v) is 10.3. The monoisotopic (exact) mass is 418 g/mol. The van der Waals surface area contributed by atoms with Gasteiger partial charge in [-0.05, 0) is 67.6 Å². The molecule has 0 spiro atoms. The average molecular weight is 418 g/mol. The summed E-state index contributed by atoms with van der Waals surface area (Å²) < 4.78 is 42.8. The van der Waals surface area contributed by atoms with Crippen molar-refractivity contribution in [1.29, 1.82) is 0 Å². The lowest BCUT2D eigenvalue weighted by Crippen LogP contribution is -2.52. The van der Waals surface area contributed by atoms with Crippen molar-refractivity contribution >= 4 is 17.9 Å². The number of carbonyl (C=O) groups is 1. The van der Waals surface area contributed by atoms with E-state index in [2.05, 4.69) is 4.90 Å². The van der Waals surface area contributed by atoms with Crippen LogP contribution in [-0.4, -0.2) is 65.3 Å². The molecule has 3 rings (SSSR count). The van der Waals surface area contributed by atoms with Crippen LogP contribution < -0.4 is 4.74 Å². The number of amides is 1. The molecule has 1 aliphatic carbocycles. The summed E-state index contributed by atoms with van der Waals surface area (Å²) in [6.45, 7) is 3.30. The maximum atomic E-state index is 12.4. The van der Waals surface area contributed by atoms with Crippen LogP contribution in [0.3, 0.4) is 0 Å². The second kappa shape index (κ2) is 9.26. The molecule has 1 amide bonds. The number of rotatable bonds is 5. The lowest BCUT2D eigenvalue weighted by Gasteiger charge is -2.41. The molecule has 5 nitrogen and oxygen atoms in total. The second-order valence-corrected chi connectivity index (χ2v) is 8.45. The van der Waals surface area contributed by atoms with Gasteiger partial charge in [0.15, 0.2) is 0 Å². The molecule has 0 bridgehead atoms. The van der Waals surface area contributed by atoms with Crippen LogP contribution in [0.1, 0.15) is 25.7 Å². The van der Waals surface area contributed by atoms with Gasteiger partial charge in [-0.2, -0.15) is 13.2 Å². The molecule has 156 valence electrons. The minimum absolute atomic E-state index is 0.125. The van der Waals surface area contributed by atoms with Crippen molar-refractivity contribution in [3.63, 3.8) is 0 Å². The summed E-state index contributed by atoms with van der Waals surface area (Å²) in [7, 11) is 0. The molecule has 1 aliphatic heterocycles. The van der Waals surface area contributed by atoms with E-state index in [0.717, 1.165) is 38.8 Å². The van der Waals surface area contributed by atoms with E-state index < -0.39 is 11.6 Å². The van der Waals surface area contributed by atoms with Crippen LogP contribution in [0.15, 0.2) is 29.2 Å². The maximum Gasteiger partial charge on any atom is 0.446 e. The van der Waals surface area contributed by atoms with Gasteiger partial charge < -0.3 is 14.7 Å². The Morgan fingerprint density at radius 2 is 1.68 bits per heavy atom. The Bertz CT molecular complexity index is 641. The maximum absolute atomic E-state index is 12.4. The van der Waals surface area contributed by atoms with E-state index >= 15 is 0 Å². The lowest BCUT2D eigenvalue weighted by molar-refractivity contribution is -0.0328. The fourth-order valence-corrected chi connectivity index (χ4v) is 4.45. The number of ether oxygens (including phenoxy) is 1. The number of hydrogen-bond donors (Lipinski definition) is 1. The molecule has 1 heterocycles. The number of alkyl halides is 3. The number of carboxylic acid groups (broad SMARTS) is 1. The van der Waals surface area contributed by atoms with E-state index in [-0.39, 0.29) is 16.7 Å². The predicted molar refractivity (Wildman–Crippen MR) is 101 cm³/mol. The molecule has 0 aromatic heterocycles. The molecule has 0 unspecified atom stereocenters. The molecular formula is C19H25F3N2O3S. The minimum Gasteiger partial charge on any atom is -0.493 e. The Hall–Kier alpha value is -1.61. The Morgan fingerprint density at radius 1 is 1.07 bits per heavy atom. The minimum atomic E-state index is -4.28. The summed E-state index contributed by atoms with van der Waals surface area (Å²) >= 11 is -0.125. The molecule has 1 saturated heterocycles. The average Bonchev–Trinajstić information content (AvgIpc) is 2.67. The fourth-order valence-electron chi connectivity index (χ4n) is 3.91. The Kier molecular flexibility index (Phi) is 6.98. The molecule has 1 aromatic rings. The molecule has 1 N–H and O–H groups in total. The SMILES string of the molecule is O=C(O)N1CCN([C@H]2CC[C@H](COc3ccc(SC(F)(F)F)cc3)CC2)CC1. The van der Waals surface area contributed by atoms with Gasteiger partial charge in [-0.3, -0.25) is 4.90 Å². The topological polar surface area (TPSA) is 53.0 Å². The summed E-state index contributed by atoms with van der Waals surface area (Å²) in [6, 6.07) is 6.54. The number of benzene rings is 1. The molecule has 9 heteroatoms. The van der Waals surface area contributed by atoms with Crippen LogP contribution in [-0.2, 0) is 0 Å². The van der Waals surface area contributed by atoms with Crippen molar-refractivity contribution in [3.05, 3.63) is 24.3 Å². The number of nitrogens with zero attached hydrogens (tertiary/aromatic N) is 2. The van der Waals surface area contributed by atoms with Crippen LogP contribution in [0, 0.1) is 5.92 Å². The predicted octanol–water partition coefficient (Wildman–Crippen LogP) is 4.53. The Balaban J connectivity index is 1.37. The van der Waals surface area contributed by atoms with Crippen molar-refractivity contribution in [2.75, 3.05) is 32.8 Å². The molecule has 28 heavy (non-hydrogen) atoms. The highest BCUT2D eigenvalue weighted by Gasteiger charge is 2.30. The van der Waals surface area contributed by atoms with Crippen molar-refractivity contribution in [3.8, 4) is 5.75 Å². The number of piperazine rings is 1. The van der Waals surface area contributed by atoms with E-state index in [0.29, 0.717) is 37.4 Å². The number of halogens is 3. The highest BCUT2D eigenvalue weighted by molar-refractivity contribution is 8.00. The largest absolute Gasteiger partial charge is 0.493 e. The highest BCUT2D eigenvalue weighted by Crippen LogP contribution is 2.37. The smallest absolute Gasteiger partial charge is 0.446 e. The first kappa shape index (κ1) is 21.1. The van der Waals surface area contributed by atoms with Crippen LogP contribution in [0.2, 0.25) is 0 Å². The van der Waals surface area contributed by atoms with Crippen molar-refractivity contribution < 1.29 is 27.8 Å². The molecule has 1 saturated carbocycles. The molecule has 0 radical (unpaired) electrons. The molecule has 2 aliphatic rings. The number of thioether (sulfide) groups is 1. The third kappa shape index (κ3) is 6.20. The summed E-state index contributed by atoms with van der Waals surface area (Å²) in [5.74, 6) is 1.04. The van der Waals surface area contributed by atoms with E-state index in [1.54, 1.807) is 12.1 Å². The van der Waals surface area contributed by atoms with Gasteiger partial charge in [0.05, 0.1) is 6.61 Å². The van der Waals surface area contributed by atoms with Gasteiger partial charge in [0, 0.05) is 37.1 Å². The van der Waals surface area contributed by atoms with E-state index in [9.17, 15) is 18.0 Å². The van der Waals surface area contributed by atoms with Gasteiger partial charge in [0.1, 0.15) is 5.75 Å². The van der Waals surface area contributed by atoms with Crippen LogP contribution in [0.25, 0.3) is 0 Å². The van der Waals surface area contributed by atoms with Crippen molar-refractivity contribution in [2.45, 2.75) is 42.1 Å². The summed E-state index contributed by atoms with van der Waals surface area (Å²) in [4.78, 5) is 15.0. The highest BCUT2D eigenvalue weighted by atomic mass is 32.2. The zero-order valence-corrected chi connectivity index (χ0v) is 16.3. The third-order valence-corrected chi connectivity index (χ3v) is 6.20. The molecule has 1 aromatic carbocycles. The summed E-state index contributed by atoms with van der Waals surface area (Å²) in [5, 5.41) is 9.03. The first-order chi connectivity index (χ1) is 13.3. The normalized spacial score (nSPS) is 24.2. The van der Waals surface area contributed by atoms with E-state index in [1.807, 2.05) is 0 Å². The van der Waals surface area contributed by atoms with Gasteiger partial charge >= 0.3 is 11.6 Å². The summed E-state index contributed by atoms with van der Waals surface area (Å²) in [6.07, 6.45) is 3.40. The van der Waals surface area contributed by atoms with Crippen molar-refractivity contribution in [1.82, 2.24) is 9.80 Å². The Morgan fingerprint density at radius 3 is 2.21 bits per heavy atom. The summed E-state index contributed by atoms with van der Waals surface area (Å²) in [5.41, 5.74) is -4.28. The first-order valence-electron chi connectivity index (χ1n) is 9.51. The van der Waals surface area contributed by atoms with Crippen molar-refractivity contribution in [2.24, 2.45) is 5.92 Å². The zero-order chi connectivity index (χ0) is 20.1. The van der Waals surface area contributed by atoms with Crippen LogP contribution in [0.5, 0.6) is 5.75 Å². The molecule has 0 atom stereocenters. The lowest BCUT2D eigenvalue weighted by atomic mass is 9.85. The van der Waals surface area contributed by atoms with Crippen LogP contribution >= 0.6 is 11.8 Å². The fraction of sp³-hybridized carbons (Fsp3) is 0.632. The van der Waals surface area contributed by atoms with Gasteiger partial charge in [0.2, 0.25) is 0 Å². The van der Waals surface area contributed by atoms with Gasteiger partial charge in [-0.25, -0.2) is 4.79 Å². The quantitative estimate of drug-likeness (QED) is 0.712. The van der Waals surface area contributed by atoms with E-state index in [4.69, 9.17) is 9.84 Å². The molecule has 2 fully saturated rings. The zero-order valence-electron chi connectivity index (χ0n) is 15.5. The third-order valence-electron chi connectivity index (χ3n) is 5.46. The van der Waals surface area contributed by atoms with Gasteiger partial charge in [0.25, 0.3) is 0 Å². The Labute approximate surface area is 166 Å². The standard InChI is InChI=1S/C19H25F3N2O3S/c20-19(21,22)28-17-7-5-16(6-8-17)27-13-14-1-3-15(4-2-14)23-9-11-24(12-10-23)18(25)26/h5-8,14-15H,1-4,9-13H2,(H,25,26)/t14-,15-. The van der Waals surface area contributed by atoms with Gasteiger partial charge in [-0.15, -0.1) is 0 Å². The molecular weight excluding hydrogens is 393 g/mol.